The quantitative estimate of drug-likeness (QED) is 0.778. The lowest BCUT2D eigenvalue weighted by Crippen LogP contribution is -2.45. The molecule has 2 rings (SSSR count). The molecule has 0 radical (unpaired) electrons. The minimum absolute atomic E-state index is 0.263. The molecule has 1 amide bonds. The fourth-order valence-electron chi connectivity index (χ4n) is 2.53. The molecule has 2 unspecified atom stereocenters. The first-order chi connectivity index (χ1) is 8.06. The Morgan fingerprint density at radius 1 is 1.41 bits per heavy atom. The van der Waals surface area contributed by atoms with Crippen molar-refractivity contribution in [2.75, 3.05) is 33.2 Å². The molecule has 0 aromatic rings. The highest BCUT2D eigenvalue weighted by molar-refractivity contribution is 5.78. The second-order valence-corrected chi connectivity index (χ2v) is 5.86. The number of carbonyl (C=O) groups is 1. The molecular weight excluding hydrogens is 214 g/mol. The van der Waals surface area contributed by atoms with E-state index in [-0.39, 0.29) is 5.91 Å². The standard InChI is InChI=1S/C13H25N3O/c1-10-7-11(10)8-15(2)13(17)9-16-5-3-12(14)4-6-16/h10-12H,3-9,14H2,1-2H3. The number of amides is 1. The van der Waals surface area contributed by atoms with Crippen LogP contribution in [0.1, 0.15) is 26.2 Å². The van der Waals surface area contributed by atoms with Crippen LogP contribution in [0.4, 0.5) is 0 Å². The molecule has 4 nitrogen and oxygen atoms in total. The van der Waals surface area contributed by atoms with Crippen LogP contribution in [-0.4, -0.2) is 55.0 Å². The Labute approximate surface area is 104 Å². The summed E-state index contributed by atoms with van der Waals surface area (Å²) in [6.45, 7) is 5.72. The summed E-state index contributed by atoms with van der Waals surface area (Å²) in [5, 5.41) is 0. The van der Waals surface area contributed by atoms with E-state index in [4.69, 9.17) is 5.73 Å². The smallest absolute Gasteiger partial charge is 0.236 e. The van der Waals surface area contributed by atoms with E-state index in [1.165, 1.54) is 6.42 Å². The molecule has 1 saturated carbocycles. The van der Waals surface area contributed by atoms with E-state index >= 15 is 0 Å². The van der Waals surface area contributed by atoms with Crippen molar-refractivity contribution in [3.8, 4) is 0 Å². The van der Waals surface area contributed by atoms with Crippen LogP contribution in [0.25, 0.3) is 0 Å². The largest absolute Gasteiger partial charge is 0.344 e. The summed E-state index contributed by atoms with van der Waals surface area (Å²) in [5.74, 6) is 1.83. The Bertz CT molecular complexity index is 274. The Hall–Kier alpha value is -0.610. The highest BCUT2D eigenvalue weighted by Gasteiger charge is 2.34. The molecule has 1 aliphatic heterocycles. The third-order valence-electron chi connectivity index (χ3n) is 4.20. The van der Waals surface area contributed by atoms with Gasteiger partial charge >= 0.3 is 0 Å². The normalized spacial score (nSPS) is 30.3. The van der Waals surface area contributed by atoms with Crippen LogP contribution in [-0.2, 0) is 4.79 Å². The van der Waals surface area contributed by atoms with Gasteiger partial charge in [-0.2, -0.15) is 0 Å². The van der Waals surface area contributed by atoms with Gasteiger partial charge in [-0.15, -0.1) is 0 Å². The predicted octanol–water partition coefficient (Wildman–Crippen LogP) is 0.524. The van der Waals surface area contributed by atoms with E-state index in [2.05, 4.69) is 11.8 Å². The molecule has 0 bridgehead atoms. The van der Waals surface area contributed by atoms with Gasteiger partial charge in [-0.3, -0.25) is 9.69 Å². The summed E-state index contributed by atoms with van der Waals surface area (Å²) in [6, 6.07) is 0.339. The van der Waals surface area contributed by atoms with Crippen molar-refractivity contribution < 1.29 is 4.79 Å². The maximum Gasteiger partial charge on any atom is 0.236 e. The third-order valence-corrected chi connectivity index (χ3v) is 4.20. The van der Waals surface area contributed by atoms with Gasteiger partial charge < -0.3 is 10.6 Å². The van der Waals surface area contributed by atoms with Gasteiger partial charge in [0, 0.05) is 32.7 Å². The molecule has 1 saturated heterocycles. The number of rotatable bonds is 4. The molecule has 1 heterocycles. The fourth-order valence-corrected chi connectivity index (χ4v) is 2.53. The molecule has 0 aromatic heterocycles. The average molecular weight is 239 g/mol. The monoisotopic (exact) mass is 239 g/mol. The minimum atomic E-state index is 0.263. The van der Waals surface area contributed by atoms with Gasteiger partial charge in [0.05, 0.1) is 6.54 Å². The zero-order chi connectivity index (χ0) is 12.4. The van der Waals surface area contributed by atoms with Gasteiger partial charge in [0.2, 0.25) is 5.91 Å². The zero-order valence-electron chi connectivity index (χ0n) is 11.1. The SMILES string of the molecule is CC1CC1CN(C)C(=O)CN1CCC(N)CC1. The lowest BCUT2D eigenvalue weighted by molar-refractivity contribution is -0.131. The molecule has 2 fully saturated rings. The van der Waals surface area contributed by atoms with Gasteiger partial charge in [0.1, 0.15) is 0 Å². The zero-order valence-corrected chi connectivity index (χ0v) is 11.1. The second-order valence-electron chi connectivity index (χ2n) is 5.86. The fraction of sp³-hybridized carbons (Fsp3) is 0.923. The van der Waals surface area contributed by atoms with E-state index in [9.17, 15) is 4.79 Å². The molecule has 17 heavy (non-hydrogen) atoms. The number of hydrogen-bond acceptors (Lipinski definition) is 3. The molecular formula is C13H25N3O. The van der Waals surface area contributed by atoms with Gasteiger partial charge in [0.15, 0.2) is 0 Å². The van der Waals surface area contributed by atoms with Crippen LogP contribution >= 0.6 is 0 Å². The number of nitrogens with zero attached hydrogens (tertiary/aromatic N) is 2. The maximum atomic E-state index is 12.0. The van der Waals surface area contributed by atoms with E-state index in [0.29, 0.717) is 12.6 Å². The first-order valence-electron chi connectivity index (χ1n) is 6.78. The van der Waals surface area contributed by atoms with E-state index in [1.54, 1.807) is 0 Å². The Morgan fingerprint density at radius 3 is 2.53 bits per heavy atom. The average Bonchev–Trinajstić information content (AvgIpc) is 2.97. The van der Waals surface area contributed by atoms with Crippen LogP contribution in [0, 0.1) is 11.8 Å². The Morgan fingerprint density at radius 2 is 2.00 bits per heavy atom. The summed E-state index contributed by atoms with van der Waals surface area (Å²) in [6.07, 6.45) is 3.34. The number of hydrogen-bond donors (Lipinski definition) is 1. The van der Waals surface area contributed by atoms with Gasteiger partial charge in [-0.1, -0.05) is 6.92 Å². The number of piperidine rings is 1. The number of likely N-dealkylation sites (tertiary alicyclic amines) is 1. The number of nitrogens with two attached hydrogens (primary N) is 1. The van der Waals surface area contributed by atoms with Crippen LogP contribution in [0.2, 0.25) is 0 Å². The summed E-state index contributed by atoms with van der Waals surface area (Å²) >= 11 is 0. The Kier molecular flexibility index (Phi) is 4.05. The first-order valence-corrected chi connectivity index (χ1v) is 6.78. The van der Waals surface area contributed by atoms with Crippen molar-refractivity contribution in [2.45, 2.75) is 32.2 Å². The van der Waals surface area contributed by atoms with E-state index in [0.717, 1.165) is 44.3 Å². The van der Waals surface area contributed by atoms with E-state index in [1.807, 2.05) is 11.9 Å². The maximum absolute atomic E-state index is 12.0. The second kappa shape index (κ2) is 5.36. The first kappa shape index (κ1) is 12.8. The van der Waals surface area contributed by atoms with Crippen LogP contribution in [0.5, 0.6) is 0 Å². The van der Waals surface area contributed by atoms with Gasteiger partial charge in [0.25, 0.3) is 0 Å². The summed E-state index contributed by atoms with van der Waals surface area (Å²) in [5.41, 5.74) is 5.85. The highest BCUT2D eigenvalue weighted by atomic mass is 16.2. The predicted molar refractivity (Wildman–Crippen MR) is 68.6 cm³/mol. The summed E-state index contributed by atoms with van der Waals surface area (Å²) in [7, 11) is 1.93. The van der Waals surface area contributed by atoms with Gasteiger partial charge in [-0.05, 0) is 31.1 Å². The highest BCUT2D eigenvalue weighted by Crippen LogP contribution is 2.37. The summed E-state index contributed by atoms with van der Waals surface area (Å²) in [4.78, 5) is 16.2. The van der Waals surface area contributed by atoms with Crippen LogP contribution in [0.3, 0.4) is 0 Å². The van der Waals surface area contributed by atoms with Crippen molar-refractivity contribution in [3.63, 3.8) is 0 Å². The molecule has 0 aromatic carbocycles. The topological polar surface area (TPSA) is 49.6 Å². The minimum Gasteiger partial charge on any atom is -0.344 e. The molecule has 2 N–H and O–H groups in total. The lowest BCUT2D eigenvalue weighted by Gasteiger charge is -2.30. The molecule has 1 aliphatic carbocycles. The van der Waals surface area contributed by atoms with Crippen LogP contribution in [0.15, 0.2) is 0 Å². The summed E-state index contributed by atoms with van der Waals surface area (Å²) < 4.78 is 0. The van der Waals surface area contributed by atoms with Crippen molar-refractivity contribution in [2.24, 2.45) is 17.6 Å². The van der Waals surface area contributed by atoms with Crippen molar-refractivity contribution >= 4 is 5.91 Å². The van der Waals surface area contributed by atoms with Gasteiger partial charge in [-0.25, -0.2) is 0 Å². The van der Waals surface area contributed by atoms with Crippen molar-refractivity contribution in [1.29, 1.82) is 0 Å². The van der Waals surface area contributed by atoms with Crippen molar-refractivity contribution in [1.82, 2.24) is 9.80 Å². The molecule has 98 valence electrons. The Balaban J connectivity index is 1.69. The molecule has 4 heteroatoms. The molecule has 2 atom stereocenters. The molecule has 0 spiro atoms. The van der Waals surface area contributed by atoms with Crippen molar-refractivity contribution in [3.05, 3.63) is 0 Å². The third kappa shape index (κ3) is 3.68. The number of carbonyl (C=O) groups excluding carboxylic acids is 1. The molecule has 2 aliphatic rings. The number of likely N-dealkylation sites (N-methyl/N-ethyl adjacent to an activating group) is 1. The lowest BCUT2D eigenvalue weighted by atomic mass is 10.1. The van der Waals surface area contributed by atoms with E-state index < -0.39 is 0 Å². The van der Waals surface area contributed by atoms with Crippen LogP contribution < -0.4 is 5.73 Å².